The molecule has 2 N–H and O–H groups in total. The van der Waals surface area contributed by atoms with E-state index in [9.17, 15) is 0 Å². The molecule has 1 aromatic rings. The molecule has 1 aromatic heterocycles. The van der Waals surface area contributed by atoms with Crippen LogP contribution < -0.4 is 10.6 Å². The summed E-state index contributed by atoms with van der Waals surface area (Å²) in [6.45, 7) is 5.12. The quantitative estimate of drug-likeness (QED) is 0.620. The number of aromatic nitrogens is 2. The highest BCUT2D eigenvalue weighted by Crippen LogP contribution is 1.99. The molecule has 0 spiro atoms. The van der Waals surface area contributed by atoms with Crippen LogP contribution >= 0.6 is 0 Å². The average molecular weight is 182 g/mol. The number of likely N-dealkylation sites (N-methyl/N-ethyl adjacent to an activating group) is 1. The summed E-state index contributed by atoms with van der Waals surface area (Å²) < 4.78 is 1.96. The molecule has 0 aliphatic rings. The number of nitrogens with one attached hydrogen (secondary N) is 2. The fourth-order valence-corrected chi connectivity index (χ4v) is 1.16. The first-order valence-electron chi connectivity index (χ1n) is 4.69. The summed E-state index contributed by atoms with van der Waals surface area (Å²) in [6.07, 6.45) is 3.80. The third kappa shape index (κ3) is 3.57. The Labute approximate surface area is 79.3 Å². The molecular weight excluding hydrogens is 164 g/mol. The van der Waals surface area contributed by atoms with E-state index in [0.29, 0.717) is 6.04 Å². The third-order valence-electron chi connectivity index (χ3n) is 1.97. The number of hydrogen-bond acceptors (Lipinski definition) is 3. The van der Waals surface area contributed by atoms with E-state index in [1.165, 1.54) is 0 Å². The van der Waals surface area contributed by atoms with Crippen molar-refractivity contribution in [3.8, 4) is 0 Å². The Hall–Kier alpha value is -0.870. The zero-order valence-corrected chi connectivity index (χ0v) is 8.33. The van der Waals surface area contributed by atoms with Crippen molar-refractivity contribution in [3.05, 3.63) is 18.5 Å². The molecule has 0 fully saturated rings. The van der Waals surface area contributed by atoms with E-state index in [1.807, 2.05) is 30.2 Å². The molecule has 1 atom stereocenters. The lowest BCUT2D eigenvalue weighted by atomic mass is 10.3. The van der Waals surface area contributed by atoms with Gasteiger partial charge in [-0.2, -0.15) is 5.10 Å². The SMILES string of the molecule is CNCCNCC(C)n1cccn1. The van der Waals surface area contributed by atoms with Crippen LogP contribution in [-0.4, -0.2) is 36.5 Å². The second kappa shape index (κ2) is 5.72. The van der Waals surface area contributed by atoms with Gasteiger partial charge in [0.15, 0.2) is 0 Å². The summed E-state index contributed by atoms with van der Waals surface area (Å²) in [5, 5.41) is 10.6. The normalized spacial score (nSPS) is 13.1. The molecule has 0 aromatic carbocycles. The van der Waals surface area contributed by atoms with E-state index in [0.717, 1.165) is 19.6 Å². The predicted octanol–water partition coefficient (Wildman–Crippen LogP) is 0.253. The van der Waals surface area contributed by atoms with Crippen molar-refractivity contribution >= 4 is 0 Å². The van der Waals surface area contributed by atoms with Crippen molar-refractivity contribution in [2.75, 3.05) is 26.7 Å². The molecule has 0 aliphatic heterocycles. The Kier molecular flexibility index (Phi) is 4.49. The lowest BCUT2D eigenvalue weighted by Gasteiger charge is -2.12. The van der Waals surface area contributed by atoms with Crippen molar-refractivity contribution in [1.29, 1.82) is 0 Å². The van der Waals surface area contributed by atoms with Crippen LogP contribution in [0.3, 0.4) is 0 Å². The maximum absolute atomic E-state index is 4.18. The lowest BCUT2D eigenvalue weighted by molar-refractivity contribution is 0.453. The summed E-state index contributed by atoms with van der Waals surface area (Å²) in [4.78, 5) is 0. The molecule has 1 rings (SSSR count). The van der Waals surface area contributed by atoms with Crippen LogP contribution in [0.15, 0.2) is 18.5 Å². The third-order valence-corrected chi connectivity index (χ3v) is 1.97. The fraction of sp³-hybridized carbons (Fsp3) is 0.667. The summed E-state index contributed by atoms with van der Waals surface area (Å²) in [5.41, 5.74) is 0. The van der Waals surface area contributed by atoms with E-state index in [4.69, 9.17) is 0 Å². The molecule has 0 amide bonds. The van der Waals surface area contributed by atoms with Gasteiger partial charge in [-0.3, -0.25) is 4.68 Å². The predicted molar refractivity (Wildman–Crippen MR) is 53.7 cm³/mol. The van der Waals surface area contributed by atoms with E-state index in [1.54, 1.807) is 0 Å². The van der Waals surface area contributed by atoms with Crippen molar-refractivity contribution in [1.82, 2.24) is 20.4 Å². The van der Waals surface area contributed by atoms with Crippen LogP contribution in [0.5, 0.6) is 0 Å². The van der Waals surface area contributed by atoms with Gasteiger partial charge < -0.3 is 10.6 Å². The van der Waals surface area contributed by atoms with Crippen LogP contribution in [0.4, 0.5) is 0 Å². The van der Waals surface area contributed by atoms with Crippen LogP contribution in [0.25, 0.3) is 0 Å². The maximum Gasteiger partial charge on any atom is 0.0615 e. The molecule has 4 heteroatoms. The van der Waals surface area contributed by atoms with Crippen molar-refractivity contribution in [2.45, 2.75) is 13.0 Å². The van der Waals surface area contributed by atoms with E-state index in [2.05, 4.69) is 22.7 Å². The van der Waals surface area contributed by atoms with Gasteiger partial charge in [0.1, 0.15) is 0 Å². The highest BCUT2D eigenvalue weighted by Gasteiger charge is 2.01. The minimum atomic E-state index is 0.423. The topological polar surface area (TPSA) is 41.9 Å². The molecule has 0 aliphatic carbocycles. The standard InChI is InChI=1S/C9H18N4/c1-9(8-11-6-5-10-2)13-7-3-4-12-13/h3-4,7,9-11H,5-6,8H2,1-2H3. The minimum absolute atomic E-state index is 0.423. The molecule has 0 bridgehead atoms. The van der Waals surface area contributed by atoms with Crippen LogP contribution in [0.2, 0.25) is 0 Å². The van der Waals surface area contributed by atoms with E-state index < -0.39 is 0 Å². The number of rotatable bonds is 6. The fourth-order valence-electron chi connectivity index (χ4n) is 1.16. The second-order valence-corrected chi connectivity index (χ2v) is 3.14. The van der Waals surface area contributed by atoms with Crippen LogP contribution in [0, 0.1) is 0 Å². The van der Waals surface area contributed by atoms with Crippen molar-refractivity contribution in [3.63, 3.8) is 0 Å². The number of hydrogen-bond donors (Lipinski definition) is 2. The molecule has 0 saturated carbocycles. The van der Waals surface area contributed by atoms with Crippen molar-refractivity contribution < 1.29 is 0 Å². The van der Waals surface area contributed by atoms with Gasteiger partial charge in [0.2, 0.25) is 0 Å². The van der Waals surface area contributed by atoms with Gasteiger partial charge in [-0.1, -0.05) is 0 Å². The summed E-state index contributed by atoms with van der Waals surface area (Å²) >= 11 is 0. The minimum Gasteiger partial charge on any atom is -0.318 e. The van der Waals surface area contributed by atoms with E-state index in [-0.39, 0.29) is 0 Å². The van der Waals surface area contributed by atoms with Gasteiger partial charge in [-0.25, -0.2) is 0 Å². The number of nitrogens with zero attached hydrogens (tertiary/aromatic N) is 2. The van der Waals surface area contributed by atoms with Crippen molar-refractivity contribution in [2.24, 2.45) is 0 Å². The van der Waals surface area contributed by atoms with Crippen LogP contribution in [0.1, 0.15) is 13.0 Å². The Morgan fingerprint density at radius 2 is 2.31 bits per heavy atom. The van der Waals surface area contributed by atoms with Gasteiger partial charge in [0, 0.05) is 32.0 Å². The summed E-state index contributed by atoms with van der Waals surface area (Å²) in [7, 11) is 1.96. The highest BCUT2D eigenvalue weighted by atomic mass is 15.3. The first-order chi connectivity index (χ1) is 6.34. The molecule has 1 heterocycles. The lowest BCUT2D eigenvalue weighted by Crippen LogP contribution is -2.29. The molecule has 4 nitrogen and oxygen atoms in total. The summed E-state index contributed by atoms with van der Waals surface area (Å²) in [6, 6.07) is 2.37. The first kappa shape index (κ1) is 10.2. The Balaban J connectivity index is 2.15. The van der Waals surface area contributed by atoms with Gasteiger partial charge in [0.25, 0.3) is 0 Å². The van der Waals surface area contributed by atoms with Gasteiger partial charge in [0.05, 0.1) is 6.04 Å². The molecule has 0 radical (unpaired) electrons. The van der Waals surface area contributed by atoms with Gasteiger partial charge in [-0.15, -0.1) is 0 Å². The van der Waals surface area contributed by atoms with Crippen LogP contribution in [-0.2, 0) is 0 Å². The molecule has 0 saturated heterocycles. The Bertz CT molecular complexity index is 207. The molecule has 74 valence electrons. The molecule has 1 unspecified atom stereocenters. The zero-order valence-electron chi connectivity index (χ0n) is 8.33. The maximum atomic E-state index is 4.18. The van der Waals surface area contributed by atoms with Gasteiger partial charge in [-0.05, 0) is 20.0 Å². The summed E-state index contributed by atoms with van der Waals surface area (Å²) in [5.74, 6) is 0. The molecule has 13 heavy (non-hydrogen) atoms. The first-order valence-corrected chi connectivity index (χ1v) is 4.69. The largest absolute Gasteiger partial charge is 0.318 e. The Morgan fingerprint density at radius 1 is 1.46 bits per heavy atom. The van der Waals surface area contributed by atoms with E-state index >= 15 is 0 Å². The monoisotopic (exact) mass is 182 g/mol. The van der Waals surface area contributed by atoms with Gasteiger partial charge >= 0.3 is 0 Å². The average Bonchev–Trinajstić information content (AvgIpc) is 2.65. The molecular formula is C9H18N4. The second-order valence-electron chi connectivity index (χ2n) is 3.14. The zero-order chi connectivity index (χ0) is 9.52. The Morgan fingerprint density at radius 3 is 2.92 bits per heavy atom. The highest BCUT2D eigenvalue weighted by molar-refractivity contribution is 4.80. The smallest absolute Gasteiger partial charge is 0.0615 e.